The number of amides is 1. The van der Waals surface area contributed by atoms with Gasteiger partial charge in [-0.1, -0.05) is 17.7 Å². The van der Waals surface area contributed by atoms with Gasteiger partial charge in [-0.2, -0.15) is 0 Å². The van der Waals surface area contributed by atoms with Crippen molar-refractivity contribution in [2.24, 2.45) is 0 Å². The first-order valence-electron chi connectivity index (χ1n) is 6.55. The molecule has 0 bridgehead atoms. The Morgan fingerprint density at radius 3 is 2.52 bits per heavy atom. The van der Waals surface area contributed by atoms with Crippen molar-refractivity contribution in [1.29, 1.82) is 0 Å². The lowest BCUT2D eigenvalue weighted by Gasteiger charge is -2.09. The van der Waals surface area contributed by atoms with Gasteiger partial charge in [0.25, 0.3) is 5.91 Å². The lowest BCUT2D eigenvalue weighted by molar-refractivity contribution is -0.118. The van der Waals surface area contributed by atoms with Gasteiger partial charge in [0, 0.05) is 12.7 Å². The largest absolute Gasteiger partial charge is 0.484 e. The highest BCUT2D eigenvalue weighted by Crippen LogP contribution is 2.22. The fourth-order valence-corrected chi connectivity index (χ4v) is 2.06. The molecule has 0 saturated heterocycles. The van der Waals surface area contributed by atoms with E-state index in [-0.39, 0.29) is 12.5 Å². The minimum atomic E-state index is -0.251. The van der Waals surface area contributed by atoms with E-state index in [1.807, 2.05) is 32.2 Å². The van der Waals surface area contributed by atoms with E-state index in [4.69, 9.17) is 16.3 Å². The van der Waals surface area contributed by atoms with Gasteiger partial charge in [0.2, 0.25) is 0 Å². The normalized spacial score (nSPS) is 10.0. The molecule has 0 aliphatic rings. The number of ether oxygens (including phenoxy) is 1. The molecule has 0 radical (unpaired) electrons. The van der Waals surface area contributed by atoms with Crippen molar-refractivity contribution in [3.8, 4) is 5.75 Å². The molecule has 0 atom stereocenters. The molecule has 21 heavy (non-hydrogen) atoms. The van der Waals surface area contributed by atoms with Crippen LogP contribution in [0.3, 0.4) is 0 Å². The number of rotatable bonds is 5. The van der Waals surface area contributed by atoms with Crippen molar-refractivity contribution in [2.75, 3.05) is 24.3 Å². The quantitative estimate of drug-likeness (QED) is 0.885. The molecular weight excluding hydrogens is 288 g/mol. The van der Waals surface area contributed by atoms with Gasteiger partial charge in [0.15, 0.2) is 6.61 Å². The van der Waals surface area contributed by atoms with E-state index in [0.717, 1.165) is 11.3 Å². The Labute approximate surface area is 129 Å². The number of aryl methyl sites for hydroxylation is 1. The zero-order valence-electron chi connectivity index (χ0n) is 11.9. The third-order valence-corrected chi connectivity index (χ3v) is 3.22. The van der Waals surface area contributed by atoms with Crippen LogP contribution in [0.2, 0.25) is 5.02 Å². The highest BCUT2D eigenvalue weighted by atomic mass is 35.5. The number of carbonyl (C=O) groups is 1. The summed E-state index contributed by atoms with van der Waals surface area (Å²) in [6, 6.07) is 12.8. The van der Waals surface area contributed by atoms with Crippen LogP contribution in [-0.2, 0) is 4.79 Å². The number of hydrogen-bond acceptors (Lipinski definition) is 3. The van der Waals surface area contributed by atoms with Crippen LogP contribution in [0.15, 0.2) is 42.5 Å². The number of nitrogens with one attached hydrogen (secondary N) is 2. The predicted molar refractivity (Wildman–Crippen MR) is 86.3 cm³/mol. The van der Waals surface area contributed by atoms with Crippen LogP contribution in [0, 0.1) is 6.92 Å². The fourth-order valence-electron chi connectivity index (χ4n) is 1.77. The fraction of sp³-hybridized carbons (Fsp3) is 0.188. The smallest absolute Gasteiger partial charge is 0.262 e. The van der Waals surface area contributed by atoms with Crippen LogP contribution in [0.25, 0.3) is 0 Å². The second kappa shape index (κ2) is 6.99. The van der Waals surface area contributed by atoms with Gasteiger partial charge in [0.05, 0.1) is 10.7 Å². The summed E-state index contributed by atoms with van der Waals surface area (Å²) in [6.07, 6.45) is 0. The Hall–Kier alpha value is -2.20. The van der Waals surface area contributed by atoms with Crippen molar-refractivity contribution in [3.05, 3.63) is 53.1 Å². The zero-order valence-corrected chi connectivity index (χ0v) is 12.7. The van der Waals surface area contributed by atoms with Crippen molar-refractivity contribution in [3.63, 3.8) is 0 Å². The van der Waals surface area contributed by atoms with E-state index in [2.05, 4.69) is 10.6 Å². The molecule has 2 N–H and O–H groups in total. The highest BCUT2D eigenvalue weighted by molar-refractivity contribution is 6.33. The van der Waals surface area contributed by atoms with E-state index in [0.29, 0.717) is 16.5 Å². The second-order valence-corrected chi connectivity index (χ2v) is 5.00. The number of hydrogen-bond donors (Lipinski definition) is 2. The molecule has 0 aromatic heterocycles. The summed E-state index contributed by atoms with van der Waals surface area (Å²) in [5.41, 5.74) is 2.61. The molecule has 5 heteroatoms. The maximum absolute atomic E-state index is 11.8. The summed E-state index contributed by atoms with van der Waals surface area (Å²) in [7, 11) is 1.84. The zero-order chi connectivity index (χ0) is 15.2. The molecule has 2 aromatic carbocycles. The maximum Gasteiger partial charge on any atom is 0.262 e. The van der Waals surface area contributed by atoms with Crippen LogP contribution in [-0.4, -0.2) is 19.6 Å². The van der Waals surface area contributed by atoms with Crippen LogP contribution >= 0.6 is 11.6 Å². The van der Waals surface area contributed by atoms with Crippen molar-refractivity contribution in [2.45, 2.75) is 6.92 Å². The molecule has 1 amide bonds. The highest BCUT2D eigenvalue weighted by Gasteiger charge is 2.07. The van der Waals surface area contributed by atoms with Gasteiger partial charge in [-0.25, -0.2) is 0 Å². The molecular formula is C16H17ClN2O2. The van der Waals surface area contributed by atoms with E-state index in [1.54, 1.807) is 24.3 Å². The van der Waals surface area contributed by atoms with Gasteiger partial charge >= 0.3 is 0 Å². The molecule has 0 aliphatic carbocycles. The average Bonchev–Trinajstić information content (AvgIpc) is 2.48. The minimum Gasteiger partial charge on any atom is -0.484 e. The predicted octanol–water partition coefficient (Wildman–Crippen LogP) is 3.71. The van der Waals surface area contributed by atoms with E-state index < -0.39 is 0 Å². The van der Waals surface area contributed by atoms with Gasteiger partial charge in [-0.3, -0.25) is 4.79 Å². The molecule has 2 aromatic rings. The average molecular weight is 305 g/mol. The Kier molecular flexibility index (Phi) is 5.06. The minimum absolute atomic E-state index is 0.0664. The Balaban J connectivity index is 1.89. The topological polar surface area (TPSA) is 50.4 Å². The lowest BCUT2D eigenvalue weighted by atomic mass is 10.2. The van der Waals surface area contributed by atoms with E-state index in [9.17, 15) is 4.79 Å². The number of benzene rings is 2. The Bertz CT molecular complexity index is 627. The van der Waals surface area contributed by atoms with Gasteiger partial charge in [-0.05, 0) is 48.9 Å². The molecule has 0 heterocycles. The van der Waals surface area contributed by atoms with E-state index in [1.165, 1.54) is 0 Å². The summed E-state index contributed by atoms with van der Waals surface area (Å²) < 4.78 is 5.42. The standard InChI is InChI=1S/C16H17ClN2O2/c1-11-3-8-15(14(17)9-11)19-16(20)10-21-13-6-4-12(18-2)5-7-13/h3-9,18H,10H2,1-2H3,(H,19,20). The lowest BCUT2D eigenvalue weighted by Crippen LogP contribution is -2.20. The summed E-state index contributed by atoms with van der Waals surface area (Å²) in [6.45, 7) is 1.87. The Morgan fingerprint density at radius 1 is 1.19 bits per heavy atom. The van der Waals surface area contributed by atoms with Gasteiger partial charge in [-0.15, -0.1) is 0 Å². The first-order chi connectivity index (χ1) is 10.1. The summed E-state index contributed by atoms with van der Waals surface area (Å²) >= 11 is 6.06. The van der Waals surface area contributed by atoms with Crippen LogP contribution in [0.1, 0.15) is 5.56 Å². The van der Waals surface area contributed by atoms with E-state index >= 15 is 0 Å². The van der Waals surface area contributed by atoms with Crippen LogP contribution in [0.4, 0.5) is 11.4 Å². The summed E-state index contributed by atoms with van der Waals surface area (Å²) in [5.74, 6) is 0.387. The molecule has 110 valence electrons. The first-order valence-corrected chi connectivity index (χ1v) is 6.93. The van der Waals surface area contributed by atoms with Crippen LogP contribution < -0.4 is 15.4 Å². The third-order valence-electron chi connectivity index (χ3n) is 2.91. The molecule has 0 spiro atoms. The van der Waals surface area contributed by atoms with Crippen LogP contribution in [0.5, 0.6) is 5.75 Å². The SMILES string of the molecule is CNc1ccc(OCC(=O)Nc2ccc(C)cc2Cl)cc1. The monoisotopic (exact) mass is 304 g/mol. The van der Waals surface area contributed by atoms with Crippen molar-refractivity contribution < 1.29 is 9.53 Å². The molecule has 0 saturated carbocycles. The van der Waals surface area contributed by atoms with Crippen molar-refractivity contribution >= 4 is 28.9 Å². The summed E-state index contributed by atoms with van der Waals surface area (Å²) in [4.78, 5) is 11.8. The summed E-state index contributed by atoms with van der Waals surface area (Å²) in [5, 5.41) is 6.25. The second-order valence-electron chi connectivity index (χ2n) is 4.59. The molecule has 2 rings (SSSR count). The maximum atomic E-state index is 11.8. The number of anilines is 2. The Morgan fingerprint density at radius 2 is 1.90 bits per heavy atom. The number of halogens is 1. The van der Waals surface area contributed by atoms with Gasteiger partial charge in [0.1, 0.15) is 5.75 Å². The molecule has 0 unspecified atom stereocenters. The van der Waals surface area contributed by atoms with Gasteiger partial charge < -0.3 is 15.4 Å². The molecule has 4 nitrogen and oxygen atoms in total. The number of carbonyl (C=O) groups excluding carboxylic acids is 1. The van der Waals surface area contributed by atoms with Crippen molar-refractivity contribution in [1.82, 2.24) is 0 Å². The molecule has 0 fully saturated rings. The molecule has 0 aliphatic heterocycles. The first kappa shape index (κ1) is 15.2. The third kappa shape index (κ3) is 4.39.